The summed E-state index contributed by atoms with van der Waals surface area (Å²) in [5.74, 6) is 0.158. The molecule has 11 nitrogen and oxygen atoms in total. The van der Waals surface area contributed by atoms with Crippen molar-refractivity contribution >= 4 is 28.7 Å². The van der Waals surface area contributed by atoms with E-state index in [2.05, 4.69) is 25.3 Å². The predicted octanol–water partition coefficient (Wildman–Crippen LogP) is 5.45. The van der Waals surface area contributed by atoms with Gasteiger partial charge in [-0.1, -0.05) is 43.7 Å². The summed E-state index contributed by atoms with van der Waals surface area (Å²) in [5, 5.41) is 25.7. The number of fused-ring (bicyclic) bond motifs is 1. The maximum Gasteiger partial charge on any atom is 0.411 e. The molecule has 0 unspecified atom stereocenters. The molecule has 2 N–H and O–H groups in total. The molecular weight excluding hydrogens is 524 g/mol. The monoisotopic (exact) mass is 554 g/mol. The van der Waals surface area contributed by atoms with Crippen molar-refractivity contribution in [1.29, 1.82) is 0 Å². The van der Waals surface area contributed by atoms with Crippen molar-refractivity contribution in [3.63, 3.8) is 0 Å². The highest BCUT2D eigenvalue weighted by molar-refractivity contribution is 5.90. The zero-order chi connectivity index (χ0) is 28.8. The Hall–Kier alpha value is -5.19. The Kier molecular flexibility index (Phi) is 8.23. The van der Waals surface area contributed by atoms with Crippen molar-refractivity contribution in [2.75, 3.05) is 19.0 Å². The molecule has 2 heterocycles. The molecule has 0 saturated carbocycles. The van der Waals surface area contributed by atoms with Crippen molar-refractivity contribution < 1.29 is 24.2 Å². The van der Waals surface area contributed by atoms with Gasteiger partial charge in [-0.05, 0) is 59.0 Å². The van der Waals surface area contributed by atoms with Gasteiger partial charge in [0.2, 0.25) is 5.82 Å². The van der Waals surface area contributed by atoms with E-state index in [0.717, 1.165) is 40.4 Å². The first-order valence-electron chi connectivity index (χ1n) is 13.2. The average molecular weight is 555 g/mol. The van der Waals surface area contributed by atoms with Gasteiger partial charge in [0.25, 0.3) is 0 Å². The number of carboxylic acid groups (broad SMARTS) is 1. The van der Waals surface area contributed by atoms with Crippen LogP contribution in [0.3, 0.4) is 0 Å². The lowest BCUT2D eigenvalue weighted by Crippen LogP contribution is -2.14. The third-order valence-electron chi connectivity index (χ3n) is 6.62. The average Bonchev–Trinajstić information content (AvgIpc) is 3.60. The number of unbranched alkanes of at least 4 members (excludes halogenated alkanes) is 1. The Morgan fingerprint density at radius 2 is 1.83 bits per heavy atom. The Morgan fingerprint density at radius 3 is 2.59 bits per heavy atom. The van der Waals surface area contributed by atoms with Gasteiger partial charge in [-0.2, -0.15) is 4.80 Å². The number of benzene rings is 3. The number of hydrogen-bond donors (Lipinski definition) is 2. The van der Waals surface area contributed by atoms with Crippen LogP contribution in [-0.4, -0.2) is 55.7 Å². The lowest BCUT2D eigenvalue weighted by Gasteiger charge is -2.12. The van der Waals surface area contributed by atoms with E-state index in [9.17, 15) is 9.59 Å². The van der Waals surface area contributed by atoms with Gasteiger partial charge in [0.1, 0.15) is 5.75 Å². The van der Waals surface area contributed by atoms with Crippen LogP contribution in [0.1, 0.15) is 41.3 Å². The molecule has 41 heavy (non-hydrogen) atoms. The molecule has 5 aromatic rings. The molecule has 0 aliphatic heterocycles. The van der Waals surface area contributed by atoms with Crippen LogP contribution in [0.15, 0.2) is 72.9 Å². The van der Waals surface area contributed by atoms with Crippen molar-refractivity contribution in [1.82, 2.24) is 24.8 Å². The number of carbonyl (C=O) groups excluding carboxylic acids is 1. The first-order chi connectivity index (χ1) is 19.9. The highest BCUT2D eigenvalue weighted by Gasteiger charge is 2.13. The van der Waals surface area contributed by atoms with Gasteiger partial charge in [-0.25, -0.2) is 9.59 Å². The summed E-state index contributed by atoms with van der Waals surface area (Å²) in [6.45, 7) is 3.34. The fourth-order valence-electron chi connectivity index (χ4n) is 4.40. The molecule has 0 fully saturated rings. The van der Waals surface area contributed by atoms with E-state index in [1.165, 1.54) is 4.80 Å². The molecule has 0 spiro atoms. The minimum absolute atomic E-state index is 0.223. The van der Waals surface area contributed by atoms with E-state index in [1.54, 1.807) is 31.4 Å². The Morgan fingerprint density at radius 1 is 1.00 bits per heavy atom. The minimum atomic E-state index is -0.971. The van der Waals surface area contributed by atoms with Crippen molar-refractivity contribution in [3.05, 3.63) is 89.6 Å². The largest absolute Gasteiger partial charge is 0.496 e. The number of amides is 1. The summed E-state index contributed by atoms with van der Waals surface area (Å²) < 4.78 is 13.0. The third kappa shape index (κ3) is 6.52. The normalized spacial score (nSPS) is 11.0. The van der Waals surface area contributed by atoms with Crippen LogP contribution >= 0.6 is 0 Å². The second-order valence-corrected chi connectivity index (χ2v) is 9.50. The number of carbonyl (C=O) groups is 2. The molecule has 0 atom stereocenters. The minimum Gasteiger partial charge on any atom is -0.496 e. The number of carboxylic acids is 1. The van der Waals surface area contributed by atoms with Crippen LogP contribution < -0.4 is 10.1 Å². The summed E-state index contributed by atoms with van der Waals surface area (Å²) in [5.41, 5.74) is 4.41. The summed E-state index contributed by atoms with van der Waals surface area (Å²) in [7, 11) is 1.62. The summed E-state index contributed by atoms with van der Waals surface area (Å²) >= 11 is 0. The number of nitrogens with zero attached hydrogens (tertiary/aromatic N) is 5. The van der Waals surface area contributed by atoms with Crippen LogP contribution in [-0.2, 0) is 17.8 Å². The molecule has 1 amide bonds. The standard InChI is InChI=1S/C30H30N6O5/c1-3-4-15-41-30(39)31-25-12-11-21-13-14-35(26(21)17-25)19-24-10-9-23(16-27(24)40-2)28-32-34-36(33-28)18-20-5-7-22(8-6-20)29(37)38/h5-14,16-17H,3-4,15,18-19H2,1-2H3,(H,31,39)(H,37,38). The van der Waals surface area contributed by atoms with Gasteiger partial charge in [-0.3, -0.25) is 5.32 Å². The maximum atomic E-state index is 12.1. The van der Waals surface area contributed by atoms with Gasteiger partial charge in [0.05, 0.1) is 37.9 Å². The van der Waals surface area contributed by atoms with Crippen molar-refractivity contribution in [3.8, 4) is 17.1 Å². The molecule has 11 heteroatoms. The molecule has 0 aliphatic rings. The molecular formula is C30H30N6O5. The highest BCUT2D eigenvalue weighted by atomic mass is 16.5. The molecule has 0 radical (unpaired) electrons. The van der Waals surface area contributed by atoms with Crippen LogP contribution in [0.2, 0.25) is 0 Å². The second-order valence-electron chi connectivity index (χ2n) is 9.50. The van der Waals surface area contributed by atoms with Crippen LogP contribution in [0.4, 0.5) is 10.5 Å². The fourth-order valence-corrected chi connectivity index (χ4v) is 4.40. The number of aromatic carboxylic acids is 1. The lowest BCUT2D eigenvalue weighted by atomic mass is 10.1. The topological polar surface area (TPSA) is 133 Å². The van der Waals surface area contributed by atoms with E-state index >= 15 is 0 Å². The van der Waals surface area contributed by atoms with Gasteiger partial charge < -0.3 is 19.1 Å². The second kappa shape index (κ2) is 12.3. The Balaban J connectivity index is 1.30. The number of nitrogens with one attached hydrogen (secondary N) is 1. The summed E-state index contributed by atoms with van der Waals surface area (Å²) in [6, 6.07) is 20.1. The first-order valence-corrected chi connectivity index (χ1v) is 13.2. The number of anilines is 1. The number of tetrazole rings is 1. The quantitative estimate of drug-likeness (QED) is 0.206. The summed E-state index contributed by atoms with van der Waals surface area (Å²) in [4.78, 5) is 24.6. The van der Waals surface area contributed by atoms with Gasteiger partial charge in [0, 0.05) is 23.0 Å². The lowest BCUT2D eigenvalue weighted by molar-refractivity contribution is 0.0696. The SMILES string of the molecule is CCCCOC(=O)Nc1ccc2ccn(Cc3ccc(-c4nnn(Cc5ccc(C(=O)O)cc5)n4)cc3OC)c2c1. The van der Waals surface area contributed by atoms with E-state index in [4.69, 9.17) is 14.6 Å². The van der Waals surface area contributed by atoms with Gasteiger partial charge in [0.15, 0.2) is 0 Å². The zero-order valence-corrected chi connectivity index (χ0v) is 22.8. The molecule has 3 aromatic carbocycles. The van der Waals surface area contributed by atoms with Gasteiger partial charge in [-0.15, -0.1) is 10.2 Å². The van der Waals surface area contributed by atoms with Crippen LogP contribution in [0.5, 0.6) is 5.75 Å². The first kappa shape index (κ1) is 27.4. The summed E-state index contributed by atoms with van der Waals surface area (Å²) in [6.07, 6.45) is 3.32. The predicted molar refractivity (Wildman–Crippen MR) is 153 cm³/mol. The molecule has 0 aliphatic carbocycles. The maximum absolute atomic E-state index is 12.1. The zero-order valence-electron chi connectivity index (χ0n) is 22.8. The fraction of sp³-hybridized carbons (Fsp3) is 0.233. The van der Waals surface area contributed by atoms with Gasteiger partial charge >= 0.3 is 12.1 Å². The van der Waals surface area contributed by atoms with Crippen molar-refractivity contribution in [2.45, 2.75) is 32.9 Å². The molecule has 210 valence electrons. The smallest absolute Gasteiger partial charge is 0.411 e. The van der Waals surface area contributed by atoms with E-state index in [-0.39, 0.29) is 5.56 Å². The van der Waals surface area contributed by atoms with E-state index in [1.807, 2.05) is 55.6 Å². The number of ether oxygens (including phenoxy) is 2. The highest BCUT2D eigenvalue weighted by Crippen LogP contribution is 2.28. The number of hydrogen-bond acceptors (Lipinski definition) is 7. The molecule has 5 rings (SSSR count). The Bertz CT molecular complexity index is 1670. The van der Waals surface area contributed by atoms with Crippen LogP contribution in [0, 0.1) is 0 Å². The van der Waals surface area contributed by atoms with Crippen LogP contribution in [0.25, 0.3) is 22.3 Å². The third-order valence-corrected chi connectivity index (χ3v) is 6.62. The van der Waals surface area contributed by atoms with E-state index < -0.39 is 12.1 Å². The number of methoxy groups -OCH3 is 1. The van der Waals surface area contributed by atoms with E-state index in [0.29, 0.717) is 37.0 Å². The van der Waals surface area contributed by atoms with Crippen molar-refractivity contribution in [2.24, 2.45) is 0 Å². The molecule has 0 saturated heterocycles. The Labute approximate surface area is 236 Å². The number of rotatable bonds is 11. The number of aromatic nitrogens is 5. The molecule has 0 bridgehead atoms. The molecule has 2 aromatic heterocycles.